The molecule has 150 valence electrons. The first-order chi connectivity index (χ1) is 12.9. The Labute approximate surface area is 162 Å². The Morgan fingerprint density at radius 1 is 1.19 bits per heavy atom. The number of hydrogen-bond donors (Lipinski definition) is 2. The number of nitrogens with two attached hydrogens (primary N) is 2. The lowest BCUT2D eigenvalue weighted by Gasteiger charge is -2.33. The molecule has 0 saturated heterocycles. The molecule has 0 aliphatic carbocycles. The van der Waals surface area contributed by atoms with E-state index in [2.05, 4.69) is 13.8 Å². The summed E-state index contributed by atoms with van der Waals surface area (Å²) in [5, 5.41) is 0. The van der Waals surface area contributed by atoms with E-state index in [1.165, 1.54) is 0 Å². The number of unbranched alkanes of at least 4 members (excludes halogenated alkanes) is 1. The van der Waals surface area contributed by atoms with Gasteiger partial charge in [-0.15, -0.1) is 0 Å². The van der Waals surface area contributed by atoms with Gasteiger partial charge in [0, 0.05) is 6.54 Å². The van der Waals surface area contributed by atoms with Crippen molar-refractivity contribution >= 4 is 18.1 Å². The molecule has 0 fully saturated rings. The zero-order valence-electron chi connectivity index (χ0n) is 16.5. The van der Waals surface area contributed by atoms with Crippen LogP contribution >= 0.6 is 0 Å². The van der Waals surface area contributed by atoms with Crippen LogP contribution in [0.2, 0.25) is 0 Å². The molecule has 1 aromatic rings. The molecule has 27 heavy (non-hydrogen) atoms. The van der Waals surface area contributed by atoms with Gasteiger partial charge in [-0.2, -0.15) is 0 Å². The van der Waals surface area contributed by atoms with Gasteiger partial charge in [-0.05, 0) is 24.3 Å². The Kier molecular flexibility index (Phi) is 10.3. The van der Waals surface area contributed by atoms with Crippen molar-refractivity contribution in [2.45, 2.75) is 64.5 Å². The van der Waals surface area contributed by atoms with Gasteiger partial charge in [0.15, 0.2) is 0 Å². The molecule has 6 nitrogen and oxygen atoms in total. The zero-order valence-corrected chi connectivity index (χ0v) is 16.5. The average molecular weight is 376 g/mol. The molecular formula is C21H33N3O3. The van der Waals surface area contributed by atoms with Gasteiger partial charge in [0.05, 0.1) is 18.5 Å². The van der Waals surface area contributed by atoms with Gasteiger partial charge in [0.25, 0.3) is 0 Å². The Morgan fingerprint density at radius 3 is 2.37 bits per heavy atom. The van der Waals surface area contributed by atoms with E-state index < -0.39 is 23.9 Å². The maximum atomic E-state index is 12.9. The summed E-state index contributed by atoms with van der Waals surface area (Å²) in [6.07, 6.45) is 5.03. The van der Waals surface area contributed by atoms with Crippen molar-refractivity contribution in [3.63, 3.8) is 0 Å². The third kappa shape index (κ3) is 7.91. The van der Waals surface area contributed by atoms with Gasteiger partial charge in [-0.3, -0.25) is 9.59 Å². The first-order valence-electron chi connectivity index (χ1n) is 9.76. The largest absolute Gasteiger partial charge is 0.370 e. The summed E-state index contributed by atoms with van der Waals surface area (Å²) in [5.74, 6) is -0.732. The lowest BCUT2D eigenvalue weighted by atomic mass is 9.96. The predicted octanol–water partition coefficient (Wildman–Crippen LogP) is 2.04. The van der Waals surface area contributed by atoms with E-state index in [9.17, 15) is 14.4 Å². The number of aldehydes is 1. The van der Waals surface area contributed by atoms with Gasteiger partial charge >= 0.3 is 0 Å². The molecule has 1 unspecified atom stereocenters. The van der Waals surface area contributed by atoms with Crippen molar-refractivity contribution in [1.82, 2.24) is 4.90 Å². The molecule has 0 aromatic heterocycles. The van der Waals surface area contributed by atoms with Crippen molar-refractivity contribution in [2.75, 3.05) is 6.54 Å². The summed E-state index contributed by atoms with van der Waals surface area (Å²) in [6, 6.07) is 7.92. The first-order valence-corrected chi connectivity index (χ1v) is 9.76. The Balaban J connectivity index is 3.03. The molecule has 6 heteroatoms. The summed E-state index contributed by atoms with van der Waals surface area (Å²) in [4.78, 5) is 37.5. The second-order valence-corrected chi connectivity index (χ2v) is 7.08. The Bertz CT molecular complexity index is 592. The number of rotatable bonds is 13. The van der Waals surface area contributed by atoms with Crippen molar-refractivity contribution in [3.05, 3.63) is 35.9 Å². The highest BCUT2D eigenvalue weighted by Crippen LogP contribution is 2.18. The number of carbonyl (C=O) groups is 3. The van der Waals surface area contributed by atoms with Crippen LogP contribution in [0, 0.1) is 5.92 Å². The maximum Gasteiger partial charge on any atom is 0.240 e. The number of carbonyl (C=O) groups excluding carboxylic acids is 3. The van der Waals surface area contributed by atoms with Crippen LogP contribution in [0.15, 0.2) is 30.3 Å². The molecule has 0 aliphatic rings. The Morgan fingerprint density at radius 2 is 1.85 bits per heavy atom. The number of amides is 2. The third-order valence-electron chi connectivity index (χ3n) is 4.86. The normalized spacial score (nSPS) is 14.2. The molecule has 0 heterocycles. The van der Waals surface area contributed by atoms with Gasteiger partial charge < -0.3 is 21.2 Å². The van der Waals surface area contributed by atoms with Gasteiger partial charge in [-0.25, -0.2) is 0 Å². The lowest BCUT2D eigenvalue weighted by Crippen LogP contribution is -2.52. The standard InChI is InChI=1S/C21H33N3O3/c1-3-5-9-16(4-2)14-24(21(27)19(22)13-20(23)26)18(15-25)12-17-10-7-6-8-11-17/h6-8,10-11,15-16,18-19H,3-5,9,12-14,22H2,1-2H3,(H2,23,26)/t16?,18-,19-/m0/s1. The van der Waals surface area contributed by atoms with E-state index in [1.807, 2.05) is 30.3 Å². The minimum Gasteiger partial charge on any atom is -0.370 e. The Hall–Kier alpha value is -2.21. The SMILES string of the molecule is CCCCC(CC)CN(C(=O)[C@@H](N)CC(N)=O)[C@H](C=O)Cc1ccccc1. The molecule has 0 spiro atoms. The topological polar surface area (TPSA) is 106 Å². The van der Waals surface area contributed by atoms with Crippen LogP contribution in [0.5, 0.6) is 0 Å². The lowest BCUT2D eigenvalue weighted by molar-refractivity contribution is -0.139. The minimum atomic E-state index is -1.02. The fraction of sp³-hybridized carbons (Fsp3) is 0.571. The van der Waals surface area contributed by atoms with Crippen LogP contribution < -0.4 is 11.5 Å². The smallest absolute Gasteiger partial charge is 0.240 e. The quantitative estimate of drug-likeness (QED) is 0.515. The van der Waals surface area contributed by atoms with E-state index >= 15 is 0 Å². The van der Waals surface area contributed by atoms with Crippen LogP contribution in [0.25, 0.3) is 0 Å². The van der Waals surface area contributed by atoms with Crippen LogP contribution in [0.4, 0.5) is 0 Å². The monoisotopic (exact) mass is 375 g/mol. The van der Waals surface area contributed by atoms with Crippen LogP contribution in [-0.4, -0.2) is 41.6 Å². The molecule has 0 radical (unpaired) electrons. The third-order valence-corrected chi connectivity index (χ3v) is 4.86. The zero-order chi connectivity index (χ0) is 20.2. The average Bonchev–Trinajstić information content (AvgIpc) is 2.66. The van der Waals surface area contributed by atoms with Crippen LogP contribution in [-0.2, 0) is 20.8 Å². The molecular weight excluding hydrogens is 342 g/mol. The summed E-state index contributed by atoms with van der Waals surface area (Å²) < 4.78 is 0. The molecule has 0 bridgehead atoms. The van der Waals surface area contributed by atoms with Gasteiger partial charge in [0.1, 0.15) is 6.29 Å². The van der Waals surface area contributed by atoms with E-state index in [0.29, 0.717) is 13.0 Å². The van der Waals surface area contributed by atoms with Gasteiger partial charge in [-0.1, -0.05) is 63.4 Å². The molecule has 4 N–H and O–H groups in total. The fourth-order valence-electron chi connectivity index (χ4n) is 3.19. The maximum absolute atomic E-state index is 12.9. The molecule has 3 atom stereocenters. The summed E-state index contributed by atoms with van der Waals surface area (Å²) in [5.41, 5.74) is 12.1. The first kappa shape index (κ1) is 22.8. The highest BCUT2D eigenvalue weighted by Gasteiger charge is 2.30. The van der Waals surface area contributed by atoms with E-state index in [4.69, 9.17) is 11.5 Å². The minimum absolute atomic E-state index is 0.224. The molecule has 0 saturated carbocycles. The van der Waals surface area contributed by atoms with Crippen molar-refractivity contribution in [1.29, 1.82) is 0 Å². The van der Waals surface area contributed by atoms with Crippen molar-refractivity contribution in [2.24, 2.45) is 17.4 Å². The number of nitrogens with zero attached hydrogens (tertiary/aromatic N) is 1. The van der Waals surface area contributed by atoms with Crippen molar-refractivity contribution < 1.29 is 14.4 Å². The predicted molar refractivity (Wildman–Crippen MR) is 107 cm³/mol. The summed E-state index contributed by atoms with van der Waals surface area (Å²) in [7, 11) is 0. The van der Waals surface area contributed by atoms with E-state index in [0.717, 1.165) is 37.5 Å². The summed E-state index contributed by atoms with van der Waals surface area (Å²) >= 11 is 0. The molecule has 0 aliphatic heterocycles. The highest BCUT2D eigenvalue weighted by molar-refractivity contribution is 5.89. The van der Waals surface area contributed by atoms with E-state index in [-0.39, 0.29) is 12.3 Å². The summed E-state index contributed by atoms with van der Waals surface area (Å²) in [6.45, 7) is 4.67. The van der Waals surface area contributed by atoms with Gasteiger partial charge in [0.2, 0.25) is 11.8 Å². The molecule has 1 aromatic carbocycles. The second-order valence-electron chi connectivity index (χ2n) is 7.08. The van der Waals surface area contributed by atoms with Crippen LogP contribution in [0.3, 0.4) is 0 Å². The number of primary amides is 1. The fourth-order valence-corrected chi connectivity index (χ4v) is 3.19. The highest BCUT2D eigenvalue weighted by atomic mass is 16.2. The van der Waals surface area contributed by atoms with E-state index in [1.54, 1.807) is 4.90 Å². The number of hydrogen-bond acceptors (Lipinski definition) is 4. The van der Waals surface area contributed by atoms with Crippen LogP contribution in [0.1, 0.15) is 51.5 Å². The second kappa shape index (κ2) is 12.2. The molecule has 2 amide bonds. The van der Waals surface area contributed by atoms with Crippen molar-refractivity contribution in [3.8, 4) is 0 Å². The molecule has 1 rings (SSSR count). The number of benzene rings is 1.